The molecule has 0 spiro atoms. The summed E-state index contributed by atoms with van der Waals surface area (Å²) in [6.07, 6.45) is 14.0. The van der Waals surface area contributed by atoms with Gasteiger partial charge >= 0.3 is 0 Å². The standard InChI is InChI=1S/C81H93BN4/c1-15-17-40-75(3,4)61-37-34-57(47-54(61)16-2)84-70-49-59(86-69-33-25-24-32-63(69)80(13)41-26-27-42-81(80,86)14)36-39-67(70)82-68-52-65-66(79(11,12)46-45-78(65,9)10)53-71(68)85(58-35-38-62-64(48-58)77(7,8)44-43-76(62,5)6)73-51-60(50-72(84)74(73)82)83(55-28-20-18-21-29-55)56-30-22-19-23-31-56/h18-25,28-39,47-53H,15-17,26-27,40-46H2,1-14H3. The van der Waals surface area contributed by atoms with Crippen molar-refractivity contribution < 1.29 is 0 Å². The van der Waals surface area contributed by atoms with Crippen molar-refractivity contribution in [1.82, 2.24) is 0 Å². The van der Waals surface area contributed by atoms with E-state index in [2.05, 4.69) is 280 Å². The fraction of sp³-hybridized carbons (Fsp3) is 0.407. The number of hydrogen-bond acceptors (Lipinski definition) is 4. The predicted octanol–water partition coefficient (Wildman–Crippen LogP) is 20.7. The lowest BCUT2D eigenvalue weighted by molar-refractivity contribution is 0.195. The summed E-state index contributed by atoms with van der Waals surface area (Å²) in [5.74, 6) is 0. The fourth-order valence-electron chi connectivity index (χ4n) is 17.7. The second kappa shape index (κ2) is 20.0. The first-order valence-electron chi connectivity index (χ1n) is 33.2. The first kappa shape index (κ1) is 56.8. The van der Waals surface area contributed by atoms with Gasteiger partial charge in [-0.3, -0.25) is 0 Å². The van der Waals surface area contributed by atoms with Crippen LogP contribution in [-0.4, -0.2) is 12.3 Å². The van der Waals surface area contributed by atoms with Gasteiger partial charge in [-0.25, -0.2) is 0 Å². The van der Waals surface area contributed by atoms with Gasteiger partial charge in [0, 0.05) is 62.3 Å². The zero-order valence-corrected chi connectivity index (χ0v) is 54.4. The van der Waals surface area contributed by atoms with Crippen molar-refractivity contribution in [2.45, 2.75) is 212 Å². The van der Waals surface area contributed by atoms with E-state index in [1.807, 2.05) is 0 Å². The number of benzene rings is 8. The summed E-state index contributed by atoms with van der Waals surface area (Å²) in [6, 6.07) is 65.3. The molecule has 8 aromatic carbocycles. The lowest BCUT2D eigenvalue weighted by Crippen LogP contribution is -2.62. The smallest absolute Gasteiger partial charge is 0.252 e. The Morgan fingerprint density at radius 3 is 1.60 bits per heavy atom. The highest BCUT2D eigenvalue weighted by molar-refractivity contribution is 7.00. The topological polar surface area (TPSA) is 13.0 Å². The van der Waals surface area contributed by atoms with Crippen molar-refractivity contribution in [3.8, 4) is 0 Å². The van der Waals surface area contributed by atoms with Crippen LogP contribution in [0.25, 0.3) is 0 Å². The Morgan fingerprint density at radius 2 is 0.977 bits per heavy atom. The maximum atomic E-state index is 2.80. The zero-order chi connectivity index (χ0) is 60.1. The number of rotatable bonds is 11. The van der Waals surface area contributed by atoms with Crippen molar-refractivity contribution in [3.05, 3.63) is 203 Å². The number of unbranched alkanes of at least 4 members (excludes halogenated alkanes) is 1. The number of anilines is 11. The molecule has 4 nitrogen and oxygen atoms in total. The molecule has 3 heterocycles. The number of hydrogen-bond donors (Lipinski definition) is 0. The van der Waals surface area contributed by atoms with Crippen LogP contribution in [0, 0.1) is 0 Å². The van der Waals surface area contributed by atoms with Crippen LogP contribution in [0.1, 0.15) is 207 Å². The molecule has 0 radical (unpaired) electrons. The average Bonchev–Trinajstić information content (AvgIpc) is 1.08. The molecule has 1 fully saturated rings. The third-order valence-electron chi connectivity index (χ3n) is 23.3. The number of fused-ring (bicyclic) bond motifs is 9. The summed E-state index contributed by atoms with van der Waals surface area (Å²) in [6.45, 7) is 34.8. The lowest BCUT2D eigenvalue weighted by atomic mass is 9.33. The van der Waals surface area contributed by atoms with E-state index in [-0.39, 0.29) is 44.7 Å². The van der Waals surface area contributed by atoms with Crippen LogP contribution in [-0.2, 0) is 38.9 Å². The molecule has 0 bridgehead atoms. The number of aryl methyl sites for hydroxylation is 1. The van der Waals surface area contributed by atoms with Crippen molar-refractivity contribution in [2.75, 3.05) is 19.6 Å². The van der Waals surface area contributed by atoms with Crippen LogP contribution in [0.2, 0.25) is 0 Å². The van der Waals surface area contributed by atoms with Gasteiger partial charge in [0.05, 0.1) is 11.2 Å². The van der Waals surface area contributed by atoms with Gasteiger partial charge in [-0.15, -0.1) is 0 Å². The van der Waals surface area contributed by atoms with Crippen LogP contribution < -0.4 is 36.0 Å². The Hall–Kier alpha value is -6.98. The minimum atomic E-state index is -0.0953. The molecule has 3 aliphatic heterocycles. The van der Waals surface area contributed by atoms with E-state index in [9.17, 15) is 0 Å². The van der Waals surface area contributed by atoms with Gasteiger partial charge in [0.25, 0.3) is 6.71 Å². The lowest BCUT2D eigenvalue weighted by Gasteiger charge is -2.51. The first-order chi connectivity index (χ1) is 41.0. The van der Waals surface area contributed by atoms with Gasteiger partial charge in [0.2, 0.25) is 0 Å². The Labute approximate surface area is 517 Å². The molecular weight excluding hydrogens is 1040 g/mol. The Bertz CT molecular complexity index is 3940. The first-order valence-corrected chi connectivity index (χ1v) is 33.2. The third-order valence-corrected chi connectivity index (χ3v) is 23.3. The Balaban J connectivity index is 1.12. The van der Waals surface area contributed by atoms with Gasteiger partial charge in [-0.05, 0) is 226 Å². The molecule has 5 heteroatoms. The van der Waals surface area contributed by atoms with E-state index >= 15 is 0 Å². The molecule has 8 aromatic rings. The Kier molecular flexibility index (Phi) is 13.2. The normalized spacial score (nSPS) is 21.6. The van der Waals surface area contributed by atoms with Gasteiger partial charge in [-0.1, -0.05) is 195 Å². The Morgan fingerprint density at radius 1 is 0.442 bits per heavy atom. The van der Waals surface area contributed by atoms with Gasteiger partial charge in [0.1, 0.15) is 0 Å². The monoisotopic (exact) mass is 1130 g/mol. The van der Waals surface area contributed by atoms with Crippen LogP contribution in [0.3, 0.4) is 0 Å². The van der Waals surface area contributed by atoms with E-state index < -0.39 is 0 Å². The maximum Gasteiger partial charge on any atom is 0.252 e. The maximum absolute atomic E-state index is 2.80. The van der Waals surface area contributed by atoms with Crippen LogP contribution in [0.4, 0.5) is 62.6 Å². The van der Waals surface area contributed by atoms with E-state index in [1.54, 1.807) is 0 Å². The molecule has 0 N–H and O–H groups in total. The molecule has 6 aliphatic rings. The SMILES string of the molecule is CCCCC(C)(C)c1ccc(N2c3cc(N4c5ccccc5C5(C)CCCCC45C)ccc3B3c4cc5c(cc4N(c4ccc6c(c4)C(C)(C)CCC6(C)C)c4cc(N(c6ccccc6)c6ccccc6)cc2c43)C(C)(C)CCC5(C)C)cc1CC. The average molecular weight is 1130 g/mol. The molecule has 1 saturated carbocycles. The molecule has 0 amide bonds. The second-order valence-corrected chi connectivity index (χ2v) is 30.8. The summed E-state index contributed by atoms with van der Waals surface area (Å²) in [4.78, 5) is 10.8. The fourth-order valence-corrected chi connectivity index (χ4v) is 17.7. The van der Waals surface area contributed by atoms with Crippen molar-refractivity contribution in [2.24, 2.45) is 0 Å². The van der Waals surface area contributed by atoms with Gasteiger partial charge in [-0.2, -0.15) is 0 Å². The molecule has 86 heavy (non-hydrogen) atoms. The summed E-state index contributed by atoms with van der Waals surface area (Å²) >= 11 is 0. The van der Waals surface area contributed by atoms with E-state index in [0.29, 0.717) is 0 Å². The molecular formula is C81H93BN4. The van der Waals surface area contributed by atoms with Crippen molar-refractivity contribution >= 4 is 85.7 Å². The van der Waals surface area contributed by atoms with Crippen molar-refractivity contribution in [3.63, 3.8) is 0 Å². The third kappa shape index (κ3) is 8.56. The summed E-state index contributed by atoms with van der Waals surface area (Å²) < 4.78 is 0. The van der Waals surface area contributed by atoms with Gasteiger partial charge in [0.15, 0.2) is 0 Å². The van der Waals surface area contributed by atoms with E-state index in [0.717, 1.165) is 55.6 Å². The van der Waals surface area contributed by atoms with Crippen LogP contribution in [0.15, 0.2) is 164 Å². The summed E-state index contributed by atoms with van der Waals surface area (Å²) in [5.41, 5.74) is 28.2. The molecule has 440 valence electrons. The number of nitrogens with zero attached hydrogens (tertiary/aromatic N) is 4. The molecule has 0 saturated heterocycles. The molecule has 0 aromatic heterocycles. The number of para-hydroxylation sites is 3. The second-order valence-electron chi connectivity index (χ2n) is 30.8. The highest BCUT2D eigenvalue weighted by Gasteiger charge is 2.58. The van der Waals surface area contributed by atoms with Crippen LogP contribution >= 0.6 is 0 Å². The summed E-state index contributed by atoms with van der Waals surface area (Å²) in [7, 11) is 0. The highest BCUT2D eigenvalue weighted by atomic mass is 15.3. The molecule has 14 rings (SSSR count). The molecule has 2 atom stereocenters. The van der Waals surface area contributed by atoms with Crippen molar-refractivity contribution in [1.29, 1.82) is 0 Å². The van der Waals surface area contributed by atoms with Crippen LogP contribution in [0.5, 0.6) is 0 Å². The minimum Gasteiger partial charge on any atom is -0.334 e. The minimum absolute atomic E-state index is 0.00169. The summed E-state index contributed by atoms with van der Waals surface area (Å²) in [5, 5.41) is 0. The molecule has 3 aliphatic carbocycles. The molecule has 2 unspecified atom stereocenters. The highest BCUT2D eigenvalue weighted by Crippen LogP contribution is 2.62. The largest absolute Gasteiger partial charge is 0.334 e. The van der Waals surface area contributed by atoms with E-state index in [1.165, 1.54) is 139 Å². The quantitative estimate of drug-likeness (QED) is 0.120. The van der Waals surface area contributed by atoms with E-state index in [4.69, 9.17) is 0 Å². The predicted molar refractivity (Wildman–Crippen MR) is 370 cm³/mol. The zero-order valence-electron chi connectivity index (χ0n) is 54.4. The van der Waals surface area contributed by atoms with Gasteiger partial charge < -0.3 is 19.6 Å².